The molecule has 1 aromatic carbocycles. The first-order valence-corrected chi connectivity index (χ1v) is 8.12. The van der Waals surface area contributed by atoms with Gasteiger partial charge in [-0.15, -0.1) is 0 Å². The Hall–Kier alpha value is -1.26. The van der Waals surface area contributed by atoms with Crippen molar-refractivity contribution in [1.29, 1.82) is 0 Å². The molecule has 2 aliphatic heterocycles. The van der Waals surface area contributed by atoms with Gasteiger partial charge in [-0.3, -0.25) is 4.90 Å². The predicted molar refractivity (Wildman–Crippen MR) is 87.0 cm³/mol. The van der Waals surface area contributed by atoms with Gasteiger partial charge in [0.1, 0.15) is 5.75 Å². The third-order valence-electron chi connectivity index (χ3n) is 4.86. The lowest BCUT2D eigenvalue weighted by molar-refractivity contribution is 0.273. The summed E-state index contributed by atoms with van der Waals surface area (Å²) in [6.45, 7) is 6.78. The molecule has 2 aliphatic rings. The van der Waals surface area contributed by atoms with E-state index in [4.69, 9.17) is 10.5 Å². The number of nitrogens with zero attached hydrogens (tertiary/aromatic N) is 2. The molecule has 0 aliphatic carbocycles. The van der Waals surface area contributed by atoms with E-state index < -0.39 is 0 Å². The van der Waals surface area contributed by atoms with Crippen LogP contribution in [0.4, 0.5) is 5.69 Å². The zero-order chi connectivity index (χ0) is 14.8. The lowest BCUT2D eigenvalue weighted by Crippen LogP contribution is -2.37. The van der Waals surface area contributed by atoms with E-state index in [0.717, 1.165) is 24.4 Å². The van der Waals surface area contributed by atoms with Crippen molar-refractivity contribution in [2.75, 3.05) is 38.2 Å². The summed E-state index contributed by atoms with van der Waals surface area (Å²) in [7, 11) is 1.73. The Morgan fingerprint density at radius 1 is 1.24 bits per heavy atom. The van der Waals surface area contributed by atoms with Crippen molar-refractivity contribution in [1.82, 2.24) is 4.90 Å². The van der Waals surface area contributed by atoms with Crippen LogP contribution in [0.3, 0.4) is 0 Å². The van der Waals surface area contributed by atoms with Crippen molar-refractivity contribution in [2.45, 2.75) is 38.3 Å². The summed E-state index contributed by atoms with van der Waals surface area (Å²) in [5.41, 5.74) is 8.63. The Balaban J connectivity index is 1.91. The second-order valence-electron chi connectivity index (χ2n) is 6.31. The number of hydrogen-bond donors (Lipinski definition) is 1. The molecule has 4 heteroatoms. The van der Waals surface area contributed by atoms with Gasteiger partial charge in [0.25, 0.3) is 0 Å². The second-order valence-corrected chi connectivity index (χ2v) is 6.31. The number of benzene rings is 1. The van der Waals surface area contributed by atoms with Crippen LogP contribution in [-0.2, 0) is 0 Å². The van der Waals surface area contributed by atoms with E-state index in [1.807, 2.05) is 13.0 Å². The van der Waals surface area contributed by atoms with Crippen molar-refractivity contribution in [3.63, 3.8) is 0 Å². The molecule has 21 heavy (non-hydrogen) atoms. The van der Waals surface area contributed by atoms with Gasteiger partial charge in [-0.05, 0) is 44.9 Å². The SMILES string of the molecule is COc1cccc(N2CCCN3CCCC3C2)c1[C@H](C)N. The Morgan fingerprint density at radius 3 is 2.81 bits per heavy atom. The van der Waals surface area contributed by atoms with Gasteiger partial charge >= 0.3 is 0 Å². The Kier molecular flexibility index (Phi) is 4.36. The summed E-state index contributed by atoms with van der Waals surface area (Å²) >= 11 is 0. The molecule has 2 heterocycles. The molecule has 3 rings (SSSR count). The number of anilines is 1. The fourth-order valence-corrected chi connectivity index (χ4v) is 3.87. The molecule has 116 valence electrons. The fraction of sp³-hybridized carbons (Fsp3) is 0.647. The standard InChI is InChI=1S/C17H27N3O/c1-13(18)17-15(7-3-8-16(17)21-2)20-11-5-10-19-9-4-6-14(19)12-20/h3,7-8,13-14H,4-6,9-12,18H2,1-2H3/t13-,14?/m0/s1. The zero-order valence-electron chi connectivity index (χ0n) is 13.2. The van der Waals surface area contributed by atoms with Gasteiger partial charge in [0.05, 0.1) is 7.11 Å². The van der Waals surface area contributed by atoms with Crippen LogP contribution in [0.5, 0.6) is 5.75 Å². The van der Waals surface area contributed by atoms with E-state index in [9.17, 15) is 0 Å². The maximum atomic E-state index is 6.23. The summed E-state index contributed by atoms with van der Waals surface area (Å²) in [4.78, 5) is 5.18. The molecule has 0 bridgehead atoms. The second kappa shape index (κ2) is 6.24. The Bertz CT molecular complexity index is 489. The molecule has 2 atom stereocenters. The fourth-order valence-electron chi connectivity index (χ4n) is 3.87. The van der Waals surface area contributed by atoms with E-state index in [-0.39, 0.29) is 6.04 Å². The van der Waals surface area contributed by atoms with Gasteiger partial charge < -0.3 is 15.4 Å². The van der Waals surface area contributed by atoms with Crippen molar-refractivity contribution in [3.8, 4) is 5.75 Å². The van der Waals surface area contributed by atoms with E-state index in [2.05, 4.69) is 21.9 Å². The number of nitrogens with two attached hydrogens (primary N) is 1. The van der Waals surface area contributed by atoms with Crippen LogP contribution in [0.25, 0.3) is 0 Å². The molecule has 1 unspecified atom stereocenters. The topological polar surface area (TPSA) is 41.7 Å². The molecule has 2 N–H and O–H groups in total. The molecular weight excluding hydrogens is 262 g/mol. The summed E-state index contributed by atoms with van der Waals surface area (Å²) in [5.74, 6) is 0.912. The van der Waals surface area contributed by atoms with Crippen LogP contribution in [0.1, 0.15) is 37.8 Å². The molecule has 0 saturated carbocycles. The van der Waals surface area contributed by atoms with Gasteiger partial charge in [-0.1, -0.05) is 6.07 Å². The number of methoxy groups -OCH3 is 1. The van der Waals surface area contributed by atoms with Crippen LogP contribution in [0.2, 0.25) is 0 Å². The highest BCUT2D eigenvalue weighted by Gasteiger charge is 2.30. The number of ether oxygens (including phenoxy) is 1. The van der Waals surface area contributed by atoms with E-state index in [1.54, 1.807) is 7.11 Å². The van der Waals surface area contributed by atoms with Gasteiger partial charge in [0.2, 0.25) is 0 Å². The van der Waals surface area contributed by atoms with E-state index >= 15 is 0 Å². The Labute approximate surface area is 127 Å². The monoisotopic (exact) mass is 289 g/mol. The maximum Gasteiger partial charge on any atom is 0.125 e. The predicted octanol–water partition coefficient (Wildman–Crippen LogP) is 2.39. The average Bonchev–Trinajstić information content (AvgIpc) is 2.83. The molecule has 0 spiro atoms. The Morgan fingerprint density at radius 2 is 2.05 bits per heavy atom. The van der Waals surface area contributed by atoms with Gasteiger partial charge in [0.15, 0.2) is 0 Å². The summed E-state index contributed by atoms with van der Waals surface area (Å²) < 4.78 is 5.54. The minimum absolute atomic E-state index is 0.0147. The maximum absolute atomic E-state index is 6.23. The zero-order valence-corrected chi connectivity index (χ0v) is 13.2. The quantitative estimate of drug-likeness (QED) is 0.928. The molecule has 4 nitrogen and oxygen atoms in total. The average molecular weight is 289 g/mol. The van der Waals surface area contributed by atoms with Crippen LogP contribution >= 0.6 is 0 Å². The van der Waals surface area contributed by atoms with Crippen LogP contribution < -0.4 is 15.4 Å². The lowest BCUT2D eigenvalue weighted by atomic mass is 10.0. The van der Waals surface area contributed by atoms with E-state index in [1.165, 1.54) is 38.0 Å². The first-order chi connectivity index (χ1) is 10.2. The normalized spacial score (nSPS) is 24.5. The highest BCUT2D eigenvalue weighted by Crippen LogP contribution is 2.35. The number of hydrogen-bond acceptors (Lipinski definition) is 4. The number of rotatable bonds is 3. The van der Waals surface area contributed by atoms with Crippen LogP contribution in [0, 0.1) is 0 Å². The molecule has 1 aromatic rings. The third-order valence-corrected chi connectivity index (χ3v) is 4.86. The lowest BCUT2D eigenvalue weighted by Gasteiger charge is -2.30. The van der Waals surface area contributed by atoms with Crippen LogP contribution in [0.15, 0.2) is 18.2 Å². The van der Waals surface area contributed by atoms with Crippen molar-refractivity contribution in [2.24, 2.45) is 5.73 Å². The number of fused-ring (bicyclic) bond motifs is 1. The van der Waals surface area contributed by atoms with Crippen molar-refractivity contribution < 1.29 is 4.74 Å². The van der Waals surface area contributed by atoms with Crippen LogP contribution in [-0.4, -0.2) is 44.2 Å². The van der Waals surface area contributed by atoms with Gasteiger partial charge in [-0.2, -0.15) is 0 Å². The molecular formula is C17H27N3O. The summed E-state index contributed by atoms with van der Waals surface area (Å²) in [6.07, 6.45) is 3.90. The highest BCUT2D eigenvalue weighted by molar-refractivity contribution is 5.61. The van der Waals surface area contributed by atoms with Gasteiger partial charge in [-0.25, -0.2) is 0 Å². The molecule has 0 aromatic heterocycles. The smallest absolute Gasteiger partial charge is 0.125 e. The molecule has 0 radical (unpaired) electrons. The van der Waals surface area contributed by atoms with Crippen molar-refractivity contribution >= 4 is 5.69 Å². The molecule has 2 saturated heterocycles. The highest BCUT2D eigenvalue weighted by atomic mass is 16.5. The van der Waals surface area contributed by atoms with E-state index in [0.29, 0.717) is 6.04 Å². The molecule has 0 amide bonds. The minimum Gasteiger partial charge on any atom is -0.496 e. The first-order valence-electron chi connectivity index (χ1n) is 8.12. The minimum atomic E-state index is -0.0147. The first kappa shape index (κ1) is 14.7. The van der Waals surface area contributed by atoms with Gasteiger partial charge in [0, 0.05) is 43.0 Å². The summed E-state index contributed by atoms with van der Waals surface area (Å²) in [6, 6.07) is 6.99. The third kappa shape index (κ3) is 2.87. The molecule has 2 fully saturated rings. The largest absolute Gasteiger partial charge is 0.496 e. The van der Waals surface area contributed by atoms with Crippen molar-refractivity contribution in [3.05, 3.63) is 23.8 Å². The summed E-state index contributed by atoms with van der Waals surface area (Å²) in [5, 5.41) is 0.